The maximum atomic E-state index is 11.4. The number of hydrogen-bond donors (Lipinski definition) is 1. The fraction of sp³-hybridized carbons (Fsp3) is 0.417. The van der Waals surface area contributed by atoms with Gasteiger partial charge >= 0.3 is 5.97 Å². The van der Waals surface area contributed by atoms with Crippen LogP contribution in [0.2, 0.25) is 0 Å². The van der Waals surface area contributed by atoms with Gasteiger partial charge in [0.25, 0.3) is 0 Å². The molecule has 1 rings (SSSR count). The van der Waals surface area contributed by atoms with Crippen LogP contribution in [0.1, 0.15) is 20.8 Å². The zero-order valence-corrected chi connectivity index (χ0v) is 12.3. The highest BCUT2D eigenvalue weighted by atomic mass is 127. The Morgan fingerprint density at radius 3 is 2.59 bits per heavy atom. The Labute approximate surface area is 115 Å². The van der Waals surface area contributed by atoms with Crippen LogP contribution in [0, 0.1) is 3.57 Å². The molecule has 0 aromatic heterocycles. The fourth-order valence-corrected chi connectivity index (χ4v) is 1.84. The third-order valence-corrected chi connectivity index (χ3v) is 2.56. The number of esters is 1. The van der Waals surface area contributed by atoms with E-state index in [1.807, 2.05) is 20.8 Å². The first-order valence-electron chi connectivity index (χ1n) is 5.17. The third-order valence-electron chi connectivity index (χ3n) is 1.72. The molecule has 5 heteroatoms. The number of ether oxygens (including phenoxy) is 2. The summed E-state index contributed by atoms with van der Waals surface area (Å²) in [6, 6.07) is 5.25. The van der Waals surface area contributed by atoms with Crippen molar-refractivity contribution in [1.29, 1.82) is 0 Å². The highest BCUT2D eigenvalue weighted by molar-refractivity contribution is 14.1. The Bertz CT molecular complexity index is 413. The highest BCUT2D eigenvalue weighted by Gasteiger charge is 2.16. The topological polar surface area (TPSA) is 61.5 Å². The molecule has 2 N–H and O–H groups in total. The van der Waals surface area contributed by atoms with E-state index in [2.05, 4.69) is 22.6 Å². The van der Waals surface area contributed by atoms with Crippen LogP contribution in [0.25, 0.3) is 0 Å². The van der Waals surface area contributed by atoms with E-state index in [0.29, 0.717) is 11.4 Å². The minimum Gasteiger partial charge on any atom is -0.481 e. The largest absolute Gasteiger partial charge is 0.481 e. The lowest BCUT2D eigenvalue weighted by Gasteiger charge is -2.19. The van der Waals surface area contributed by atoms with Crippen LogP contribution < -0.4 is 10.5 Å². The number of anilines is 1. The molecule has 0 aliphatic carbocycles. The molecule has 0 aliphatic heterocycles. The van der Waals surface area contributed by atoms with E-state index < -0.39 is 5.60 Å². The third kappa shape index (κ3) is 5.25. The van der Waals surface area contributed by atoms with Gasteiger partial charge < -0.3 is 15.2 Å². The number of nitrogen functional groups attached to an aromatic ring is 1. The van der Waals surface area contributed by atoms with Crippen molar-refractivity contribution in [2.24, 2.45) is 0 Å². The molecular weight excluding hydrogens is 333 g/mol. The van der Waals surface area contributed by atoms with Crippen molar-refractivity contribution >= 4 is 34.2 Å². The second-order valence-electron chi connectivity index (χ2n) is 4.56. The first-order chi connectivity index (χ1) is 7.78. The molecule has 0 heterocycles. The average Bonchev–Trinajstić information content (AvgIpc) is 2.13. The molecule has 94 valence electrons. The monoisotopic (exact) mass is 349 g/mol. The van der Waals surface area contributed by atoms with Gasteiger partial charge in [-0.1, -0.05) is 0 Å². The van der Waals surface area contributed by atoms with E-state index in [-0.39, 0.29) is 12.6 Å². The molecule has 0 saturated carbocycles. The maximum Gasteiger partial charge on any atom is 0.344 e. The molecule has 0 fully saturated rings. The molecule has 0 aliphatic rings. The standard InChI is InChI=1S/C12H16INO3/c1-12(2,3)17-11(15)7-16-10-5-4-8(14)6-9(10)13/h4-6H,7,14H2,1-3H3. The molecule has 0 unspecified atom stereocenters. The maximum absolute atomic E-state index is 11.4. The number of halogens is 1. The summed E-state index contributed by atoms with van der Waals surface area (Å²) in [5.74, 6) is 0.246. The predicted molar refractivity (Wildman–Crippen MR) is 74.9 cm³/mol. The minimum atomic E-state index is -0.491. The van der Waals surface area contributed by atoms with Crippen LogP contribution in [0.4, 0.5) is 5.69 Å². The summed E-state index contributed by atoms with van der Waals surface area (Å²) >= 11 is 2.10. The second-order valence-corrected chi connectivity index (χ2v) is 5.73. The Morgan fingerprint density at radius 2 is 2.06 bits per heavy atom. The Hall–Kier alpha value is -0.980. The lowest BCUT2D eigenvalue weighted by atomic mass is 10.2. The Balaban J connectivity index is 2.53. The summed E-state index contributed by atoms with van der Waals surface area (Å²) in [5.41, 5.74) is 5.79. The van der Waals surface area contributed by atoms with Crippen LogP contribution in [-0.4, -0.2) is 18.2 Å². The van der Waals surface area contributed by atoms with Gasteiger partial charge in [0.15, 0.2) is 6.61 Å². The smallest absolute Gasteiger partial charge is 0.344 e. The molecule has 0 atom stereocenters. The summed E-state index contributed by atoms with van der Waals surface area (Å²) < 4.78 is 11.4. The lowest BCUT2D eigenvalue weighted by molar-refractivity contribution is -0.157. The molecule has 0 saturated heterocycles. The Morgan fingerprint density at radius 1 is 1.41 bits per heavy atom. The van der Waals surface area contributed by atoms with Crippen LogP contribution in [0.15, 0.2) is 18.2 Å². The van der Waals surface area contributed by atoms with Gasteiger partial charge in [0.05, 0.1) is 3.57 Å². The molecule has 4 nitrogen and oxygen atoms in total. The van der Waals surface area contributed by atoms with Crippen molar-refractivity contribution < 1.29 is 14.3 Å². The summed E-state index contributed by atoms with van der Waals surface area (Å²) in [7, 11) is 0. The molecule has 17 heavy (non-hydrogen) atoms. The highest BCUT2D eigenvalue weighted by Crippen LogP contribution is 2.23. The van der Waals surface area contributed by atoms with Gasteiger partial charge in [0.2, 0.25) is 0 Å². The number of nitrogens with two attached hydrogens (primary N) is 1. The SMILES string of the molecule is CC(C)(C)OC(=O)COc1ccc(N)cc1I. The number of rotatable bonds is 3. The molecule has 1 aromatic carbocycles. The second kappa shape index (κ2) is 5.57. The van der Waals surface area contributed by atoms with E-state index in [1.165, 1.54) is 0 Å². The van der Waals surface area contributed by atoms with Gasteiger partial charge in [-0.2, -0.15) is 0 Å². The summed E-state index contributed by atoms with van der Waals surface area (Å²) in [6.07, 6.45) is 0. The normalized spacial score (nSPS) is 11.1. The van der Waals surface area contributed by atoms with Crippen molar-refractivity contribution in [3.8, 4) is 5.75 Å². The summed E-state index contributed by atoms with van der Waals surface area (Å²) in [5, 5.41) is 0. The fourth-order valence-electron chi connectivity index (χ4n) is 1.14. The van der Waals surface area contributed by atoms with Gasteiger partial charge in [0, 0.05) is 5.69 Å². The molecule has 1 aromatic rings. The number of benzene rings is 1. The van der Waals surface area contributed by atoms with Gasteiger partial charge in [-0.15, -0.1) is 0 Å². The van der Waals surface area contributed by atoms with Crippen molar-refractivity contribution in [2.45, 2.75) is 26.4 Å². The predicted octanol–water partition coefficient (Wildman–Crippen LogP) is 2.59. The van der Waals surface area contributed by atoms with Crippen LogP contribution in [0.5, 0.6) is 5.75 Å². The number of carbonyl (C=O) groups is 1. The first-order valence-corrected chi connectivity index (χ1v) is 6.25. The average molecular weight is 349 g/mol. The van der Waals surface area contributed by atoms with E-state index in [9.17, 15) is 4.79 Å². The molecule has 0 spiro atoms. The van der Waals surface area contributed by atoms with Crippen LogP contribution in [-0.2, 0) is 9.53 Å². The van der Waals surface area contributed by atoms with Gasteiger partial charge in [-0.3, -0.25) is 0 Å². The lowest BCUT2D eigenvalue weighted by Crippen LogP contribution is -2.27. The van der Waals surface area contributed by atoms with E-state index >= 15 is 0 Å². The van der Waals surface area contributed by atoms with Gasteiger partial charge in [-0.25, -0.2) is 4.79 Å². The van der Waals surface area contributed by atoms with E-state index in [1.54, 1.807) is 18.2 Å². The quantitative estimate of drug-likeness (QED) is 0.518. The van der Waals surface area contributed by atoms with Gasteiger partial charge in [-0.05, 0) is 61.6 Å². The zero-order chi connectivity index (χ0) is 13.1. The van der Waals surface area contributed by atoms with E-state index in [4.69, 9.17) is 15.2 Å². The number of hydrogen-bond acceptors (Lipinski definition) is 4. The summed E-state index contributed by atoms with van der Waals surface area (Å²) in [4.78, 5) is 11.4. The van der Waals surface area contributed by atoms with Crippen LogP contribution >= 0.6 is 22.6 Å². The molecule has 0 radical (unpaired) electrons. The van der Waals surface area contributed by atoms with Crippen molar-refractivity contribution in [2.75, 3.05) is 12.3 Å². The number of carbonyl (C=O) groups excluding carboxylic acids is 1. The molecule has 0 bridgehead atoms. The molecular formula is C12H16INO3. The minimum absolute atomic E-state index is 0.100. The zero-order valence-electron chi connectivity index (χ0n) is 10.1. The van der Waals surface area contributed by atoms with E-state index in [0.717, 1.165) is 3.57 Å². The van der Waals surface area contributed by atoms with Crippen molar-refractivity contribution in [3.05, 3.63) is 21.8 Å². The first kappa shape index (κ1) is 14.1. The van der Waals surface area contributed by atoms with Crippen molar-refractivity contribution in [3.63, 3.8) is 0 Å². The molecule has 0 amide bonds. The summed E-state index contributed by atoms with van der Waals surface area (Å²) in [6.45, 7) is 5.35. The van der Waals surface area contributed by atoms with Gasteiger partial charge in [0.1, 0.15) is 11.4 Å². The van der Waals surface area contributed by atoms with Crippen molar-refractivity contribution in [1.82, 2.24) is 0 Å². The van der Waals surface area contributed by atoms with Crippen LogP contribution in [0.3, 0.4) is 0 Å². The Kier molecular flexibility index (Phi) is 4.62.